The van der Waals surface area contributed by atoms with Crippen molar-refractivity contribution >= 4 is 17.8 Å². The van der Waals surface area contributed by atoms with Gasteiger partial charge in [0.2, 0.25) is 0 Å². The van der Waals surface area contributed by atoms with Crippen LogP contribution in [0.15, 0.2) is 30.5 Å². The van der Waals surface area contributed by atoms with Crippen molar-refractivity contribution in [3.8, 4) is 0 Å². The molecule has 0 radical (unpaired) electrons. The Balaban J connectivity index is 1.81. The van der Waals surface area contributed by atoms with Gasteiger partial charge in [-0.2, -0.15) is 0 Å². The standard InChI is InChI=1S/C16H15N3O4/c1-16(2,3)15-17-8-11(18-15)14(22)23-19-12(20)9-6-4-5-7-10(9)13(19)21/h4-8H,1-3H3,(H,17,18). The van der Waals surface area contributed by atoms with E-state index < -0.39 is 17.8 Å². The third-order valence-corrected chi connectivity index (χ3v) is 3.44. The number of amides is 2. The van der Waals surface area contributed by atoms with Gasteiger partial charge in [0.05, 0.1) is 17.3 Å². The number of carbonyl (C=O) groups excluding carboxylic acids is 3. The van der Waals surface area contributed by atoms with Crippen LogP contribution in [-0.4, -0.2) is 32.8 Å². The first-order valence-corrected chi connectivity index (χ1v) is 7.04. The molecule has 0 atom stereocenters. The number of hydrogen-bond acceptors (Lipinski definition) is 5. The van der Waals surface area contributed by atoms with Gasteiger partial charge in [-0.25, -0.2) is 9.78 Å². The van der Waals surface area contributed by atoms with Gasteiger partial charge in [-0.3, -0.25) is 9.59 Å². The number of imide groups is 1. The number of fused-ring (bicyclic) bond motifs is 1. The second-order valence-corrected chi connectivity index (χ2v) is 6.22. The summed E-state index contributed by atoms with van der Waals surface area (Å²) >= 11 is 0. The monoisotopic (exact) mass is 313 g/mol. The zero-order valence-corrected chi connectivity index (χ0v) is 12.9. The molecule has 7 nitrogen and oxygen atoms in total. The molecule has 1 N–H and O–H groups in total. The smallest absolute Gasteiger partial charge is 0.336 e. The molecule has 3 rings (SSSR count). The number of imidazole rings is 1. The van der Waals surface area contributed by atoms with Crippen molar-refractivity contribution in [2.45, 2.75) is 26.2 Å². The third-order valence-electron chi connectivity index (χ3n) is 3.44. The van der Waals surface area contributed by atoms with Gasteiger partial charge in [-0.1, -0.05) is 38.0 Å². The molecule has 0 spiro atoms. The topological polar surface area (TPSA) is 92.4 Å². The highest BCUT2D eigenvalue weighted by molar-refractivity contribution is 6.21. The molecule has 1 aliphatic heterocycles. The van der Waals surface area contributed by atoms with E-state index in [1.165, 1.54) is 18.3 Å². The summed E-state index contributed by atoms with van der Waals surface area (Å²) in [7, 11) is 0. The van der Waals surface area contributed by atoms with E-state index in [4.69, 9.17) is 4.84 Å². The van der Waals surface area contributed by atoms with E-state index in [9.17, 15) is 14.4 Å². The summed E-state index contributed by atoms with van der Waals surface area (Å²) in [4.78, 5) is 48.3. The number of carbonyl (C=O) groups is 3. The Kier molecular flexibility index (Phi) is 3.28. The summed E-state index contributed by atoms with van der Waals surface area (Å²) in [5, 5.41) is 0.477. The molecule has 118 valence electrons. The lowest BCUT2D eigenvalue weighted by molar-refractivity contribution is -0.0588. The molecule has 1 aromatic heterocycles. The van der Waals surface area contributed by atoms with Crippen molar-refractivity contribution in [3.05, 3.63) is 53.1 Å². The maximum Gasteiger partial charge on any atom is 0.381 e. The molecule has 1 aliphatic rings. The Labute approximate surface area is 132 Å². The van der Waals surface area contributed by atoms with Crippen molar-refractivity contribution < 1.29 is 19.2 Å². The van der Waals surface area contributed by atoms with Crippen molar-refractivity contribution in [1.29, 1.82) is 0 Å². The lowest BCUT2D eigenvalue weighted by atomic mass is 9.96. The molecule has 23 heavy (non-hydrogen) atoms. The highest BCUT2D eigenvalue weighted by Gasteiger charge is 2.39. The Hall–Kier alpha value is -2.96. The first-order valence-electron chi connectivity index (χ1n) is 7.04. The molecular weight excluding hydrogens is 298 g/mol. The summed E-state index contributed by atoms with van der Waals surface area (Å²) in [6.07, 6.45) is 1.32. The second-order valence-electron chi connectivity index (χ2n) is 6.22. The number of aromatic nitrogens is 2. The Bertz CT molecular complexity index is 782. The first-order chi connectivity index (χ1) is 10.8. The third kappa shape index (κ3) is 2.50. The van der Waals surface area contributed by atoms with Crippen LogP contribution in [0.3, 0.4) is 0 Å². The molecule has 2 amide bonds. The van der Waals surface area contributed by atoms with Crippen molar-refractivity contribution in [2.24, 2.45) is 0 Å². The summed E-state index contributed by atoms with van der Waals surface area (Å²) < 4.78 is 0. The highest BCUT2D eigenvalue weighted by atomic mass is 16.7. The average Bonchev–Trinajstić information content (AvgIpc) is 3.08. The zero-order valence-electron chi connectivity index (χ0n) is 12.9. The first kappa shape index (κ1) is 15.0. The van der Waals surface area contributed by atoms with Gasteiger partial charge in [0, 0.05) is 5.41 Å². The molecule has 0 fully saturated rings. The molecular formula is C16H15N3O4. The number of nitrogens with one attached hydrogen (secondary N) is 1. The van der Waals surface area contributed by atoms with Gasteiger partial charge in [-0.05, 0) is 12.1 Å². The number of hydrogen-bond donors (Lipinski definition) is 1. The number of hydroxylamine groups is 2. The maximum atomic E-state index is 12.1. The van der Waals surface area contributed by atoms with E-state index in [-0.39, 0.29) is 22.2 Å². The average molecular weight is 313 g/mol. The molecule has 0 saturated heterocycles. The van der Waals surface area contributed by atoms with Crippen molar-refractivity contribution in [2.75, 3.05) is 0 Å². The summed E-state index contributed by atoms with van der Waals surface area (Å²) in [5.74, 6) is -1.56. The van der Waals surface area contributed by atoms with E-state index >= 15 is 0 Å². The van der Waals surface area contributed by atoms with Crippen molar-refractivity contribution in [1.82, 2.24) is 15.0 Å². The van der Waals surface area contributed by atoms with Gasteiger partial charge in [-0.15, -0.1) is 0 Å². The van der Waals surface area contributed by atoms with Crippen molar-refractivity contribution in [3.63, 3.8) is 0 Å². The quantitative estimate of drug-likeness (QED) is 0.857. The van der Waals surface area contributed by atoms with E-state index in [1.54, 1.807) is 12.1 Å². The van der Waals surface area contributed by atoms with Crippen LogP contribution >= 0.6 is 0 Å². The van der Waals surface area contributed by atoms with Crippen LogP contribution in [0.2, 0.25) is 0 Å². The minimum atomic E-state index is -0.845. The van der Waals surface area contributed by atoms with Gasteiger partial charge in [0.25, 0.3) is 11.8 Å². The summed E-state index contributed by atoms with van der Waals surface area (Å²) in [6.45, 7) is 5.81. The predicted molar refractivity (Wildman–Crippen MR) is 79.6 cm³/mol. The second kappa shape index (κ2) is 5.05. The van der Waals surface area contributed by atoms with Crippen LogP contribution in [0.25, 0.3) is 0 Å². The van der Waals surface area contributed by atoms with Crippen LogP contribution in [0.1, 0.15) is 57.8 Å². The minimum Gasteiger partial charge on any atom is -0.336 e. The van der Waals surface area contributed by atoms with Crippen LogP contribution in [-0.2, 0) is 10.3 Å². The van der Waals surface area contributed by atoms with Crippen LogP contribution < -0.4 is 0 Å². The molecule has 0 bridgehead atoms. The zero-order chi connectivity index (χ0) is 16.8. The fraction of sp³-hybridized carbons (Fsp3) is 0.250. The molecule has 0 aliphatic carbocycles. The maximum absolute atomic E-state index is 12.1. The highest BCUT2D eigenvalue weighted by Crippen LogP contribution is 2.24. The molecule has 2 heterocycles. The predicted octanol–water partition coefficient (Wildman–Crippen LogP) is 2.08. The van der Waals surface area contributed by atoms with Gasteiger partial charge >= 0.3 is 5.97 Å². The Morgan fingerprint density at radius 2 is 1.70 bits per heavy atom. The SMILES string of the molecule is CC(C)(C)c1ncc(C(=O)ON2C(=O)c3ccccc3C2=O)[nH]1. The van der Waals surface area contributed by atoms with E-state index in [1.807, 2.05) is 20.8 Å². The number of nitrogens with zero attached hydrogens (tertiary/aromatic N) is 2. The van der Waals surface area contributed by atoms with Gasteiger partial charge in [0.1, 0.15) is 11.5 Å². The largest absolute Gasteiger partial charge is 0.381 e. The van der Waals surface area contributed by atoms with Crippen LogP contribution in [0, 0.1) is 0 Å². The molecule has 0 saturated carbocycles. The molecule has 0 unspecified atom stereocenters. The normalized spacial score (nSPS) is 14.1. The number of aromatic amines is 1. The van der Waals surface area contributed by atoms with Gasteiger partial charge in [0.15, 0.2) is 0 Å². The lowest BCUT2D eigenvalue weighted by Crippen LogP contribution is -2.32. The van der Waals surface area contributed by atoms with E-state index in [0.717, 1.165) is 0 Å². The van der Waals surface area contributed by atoms with Crippen LogP contribution in [0.5, 0.6) is 0 Å². The lowest BCUT2D eigenvalue weighted by Gasteiger charge is -2.14. The fourth-order valence-electron chi connectivity index (χ4n) is 2.19. The molecule has 2 aromatic rings. The van der Waals surface area contributed by atoms with E-state index in [0.29, 0.717) is 10.9 Å². The Morgan fingerprint density at radius 3 is 2.17 bits per heavy atom. The fourth-order valence-corrected chi connectivity index (χ4v) is 2.19. The van der Waals surface area contributed by atoms with Crippen LogP contribution in [0.4, 0.5) is 0 Å². The number of H-pyrrole nitrogens is 1. The Morgan fingerprint density at radius 1 is 1.13 bits per heavy atom. The summed E-state index contributed by atoms with van der Waals surface area (Å²) in [6, 6.07) is 6.30. The molecule has 7 heteroatoms. The summed E-state index contributed by atoms with van der Waals surface area (Å²) in [5.41, 5.74) is 0.232. The number of benzene rings is 1. The van der Waals surface area contributed by atoms with Gasteiger partial charge < -0.3 is 9.82 Å². The number of rotatable bonds is 2. The van der Waals surface area contributed by atoms with E-state index in [2.05, 4.69) is 9.97 Å². The molecule has 1 aromatic carbocycles. The minimum absolute atomic E-state index is 0.0754.